The van der Waals surface area contributed by atoms with Crippen molar-refractivity contribution >= 4 is 17.8 Å². The van der Waals surface area contributed by atoms with Crippen LogP contribution in [0, 0.1) is 0 Å². The van der Waals surface area contributed by atoms with E-state index in [2.05, 4.69) is 13.8 Å². The Bertz CT molecular complexity index is 1210. The molecule has 0 spiro atoms. The molecule has 0 unspecified atom stereocenters. The van der Waals surface area contributed by atoms with Crippen LogP contribution in [0.15, 0.2) is 78.9 Å². The highest BCUT2D eigenvalue weighted by Gasteiger charge is 2.10. The first-order valence-corrected chi connectivity index (χ1v) is 15.6. The molecule has 3 aromatic carbocycles. The SMILES string of the molecule is CCCCCCCCOc1ccc(/C=C/C(=O)c2ccc(OC(=O)c3ccc(OCCCCCCC)cc3)cc2)cc1. The monoisotopic (exact) mass is 570 g/mol. The van der Waals surface area contributed by atoms with E-state index in [1.807, 2.05) is 24.3 Å². The maximum atomic E-state index is 12.7. The lowest BCUT2D eigenvalue weighted by Gasteiger charge is -2.08. The van der Waals surface area contributed by atoms with Gasteiger partial charge in [-0.1, -0.05) is 89.8 Å². The number of hydrogen-bond acceptors (Lipinski definition) is 5. The molecule has 3 rings (SSSR count). The van der Waals surface area contributed by atoms with E-state index in [0.717, 1.165) is 36.5 Å². The second kappa shape index (κ2) is 19.3. The summed E-state index contributed by atoms with van der Waals surface area (Å²) in [4.78, 5) is 25.2. The minimum atomic E-state index is -0.459. The molecule has 5 nitrogen and oxygen atoms in total. The Morgan fingerprint density at radius 3 is 1.55 bits per heavy atom. The van der Waals surface area contributed by atoms with E-state index in [-0.39, 0.29) is 5.78 Å². The molecule has 0 aliphatic carbocycles. The third-order valence-electron chi connectivity index (χ3n) is 7.03. The molecule has 224 valence electrons. The summed E-state index contributed by atoms with van der Waals surface area (Å²) in [7, 11) is 0. The van der Waals surface area contributed by atoms with Gasteiger partial charge >= 0.3 is 5.97 Å². The van der Waals surface area contributed by atoms with Crippen molar-refractivity contribution < 1.29 is 23.8 Å². The molecule has 0 heterocycles. The van der Waals surface area contributed by atoms with Crippen LogP contribution in [0.5, 0.6) is 17.2 Å². The van der Waals surface area contributed by atoms with Gasteiger partial charge in [0.2, 0.25) is 0 Å². The normalized spacial score (nSPS) is 11.0. The van der Waals surface area contributed by atoms with Crippen LogP contribution in [0.2, 0.25) is 0 Å². The van der Waals surface area contributed by atoms with E-state index in [0.29, 0.717) is 23.5 Å². The molecule has 0 atom stereocenters. The third-order valence-corrected chi connectivity index (χ3v) is 7.03. The molecule has 42 heavy (non-hydrogen) atoms. The van der Waals surface area contributed by atoms with Gasteiger partial charge in [-0.05, 0) is 85.1 Å². The van der Waals surface area contributed by atoms with Crippen LogP contribution in [0.4, 0.5) is 0 Å². The van der Waals surface area contributed by atoms with Crippen LogP contribution < -0.4 is 14.2 Å². The fourth-order valence-electron chi connectivity index (χ4n) is 4.45. The summed E-state index contributed by atoms with van der Waals surface area (Å²) >= 11 is 0. The summed E-state index contributed by atoms with van der Waals surface area (Å²) in [6, 6.07) is 21.3. The molecule has 0 aromatic heterocycles. The van der Waals surface area contributed by atoms with Crippen molar-refractivity contribution in [3.63, 3.8) is 0 Å². The second-order valence-corrected chi connectivity index (χ2v) is 10.6. The number of allylic oxidation sites excluding steroid dienone is 1. The number of carbonyl (C=O) groups excluding carboxylic acids is 2. The number of benzene rings is 3. The van der Waals surface area contributed by atoms with Crippen molar-refractivity contribution in [3.05, 3.63) is 95.6 Å². The molecule has 0 aliphatic rings. The van der Waals surface area contributed by atoms with Gasteiger partial charge in [-0.25, -0.2) is 4.79 Å². The molecule has 0 amide bonds. The van der Waals surface area contributed by atoms with E-state index in [1.54, 1.807) is 60.7 Å². The smallest absolute Gasteiger partial charge is 0.343 e. The van der Waals surface area contributed by atoms with Gasteiger partial charge in [-0.2, -0.15) is 0 Å². The van der Waals surface area contributed by atoms with Gasteiger partial charge in [0.25, 0.3) is 0 Å². The maximum absolute atomic E-state index is 12.7. The first-order valence-electron chi connectivity index (χ1n) is 15.6. The summed E-state index contributed by atoms with van der Waals surface area (Å²) in [5.74, 6) is 1.38. The molecule has 0 fully saturated rings. The van der Waals surface area contributed by atoms with Crippen LogP contribution in [0.3, 0.4) is 0 Å². The van der Waals surface area contributed by atoms with Gasteiger partial charge < -0.3 is 14.2 Å². The third kappa shape index (κ3) is 12.3. The summed E-state index contributed by atoms with van der Waals surface area (Å²) < 4.78 is 17.1. The van der Waals surface area contributed by atoms with Gasteiger partial charge in [0.05, 0.1) is 18.8 Å². The van der Waals surface area contributed by atoms with Gasteiger partial charge in [0.1, 0.15) is 17.2 Å². The molecule has 0 radical (unpaired) electrons. The fourth-order valence-corrected chi connectivity index (χ4v) is 4.45. The highest BCUT2D eigenvalue weighted by atomic mass is 16.5. The Kier molecular flexibility index (Phi) is 15.0. The van der Waals surface area contributed by atoms with E-state index in [4.69, 9.17) is 14.2 Å². The zero-order valence-corrected chi connectivity index (χ0v) is 25.3. The summed E-state index contributed by atoms with van der Waals surface area (Å²) in [6.07, 6.45) is 16.7. The molecule has 0 bridgehead atoms. The van der Waals surface area contributed by atoms with Crippen LogP contribution in [-0.2, 0) is 0 Å². The largest absolute Gasteiger partial charge is 0.494 e. The molecular weight excluding hydrogens is 524 g/mol. The zero-order chi connectivity index (χ0) is 29.8. The Labute approximate surface area is 251 Å². The average molecular weight is 571 g/mol. The number of ketones is 1. The number of rotatable bonds is 20. The summed E-state index contributed by atoms with van der Waals surface area (Å²) in [5, 5.41) is 0. The Balaban J connectivity index is 1.40. The van der Waals surface area contributed by atoms with E-state index >= 15 is 0 Å². The predicted octanol–water partition coefficient (Wildman–Crippen LogP) is 9.89. The van der Waals surface area contributed by atoms with Crippen LogP contribution in [-0.4, -0.2) is 25.0 Å². The molecule has 0 aliphatic heterocycles. The highest BCUT2D eigenvalue weighted by Crippen LogP contribution is 2.19. The standard InChI is InChI=1S/C37H46O5/c1-3-5-7-9-11-13-29-40-33-21-14-30(15-22-33)16-27-36(38)31-17-25-35(26-18-31)42-37(39)32-19-23-34(24-20-32)41-28-12-10-8-6-4-2/h14-27H,3-13,28-29H2,1-2H3/b27-16+. The van der Waals surface area contributed by atoms with Crippen molar-refractivity contribution in [2.75, 3.05) is 13.2 Å². The molecule has 0 N–H and O–H groups in total. The lowest BCUT2D eigenvalue weighted by atomic mass is 10.1. The molecule has 5 heteroatoms. The van der Waals surface area contributed by atoms with Crippen molar-refractivity contribution in [2.24, 2.45) is 0 Å². The zero-order valence-electron chi connectivity index (χ0n) is 25.3. The van der Waals surface area contributed by atoms with Gasteiger partial charge in [-0.15, -0.1) is 0 Å². The minimum Gasteiger partial charge on any atom is -0.494 e. The van der Waals surface area contributed by atoms with E-state index < -0.39 is 5.97 Å². The quantitative estimate of drug-likeness (QED) is 0.0445. The van der Waals surface area contributed by atoms with Crippen molar-refractivity contribution in [3.8, 4) is 17.2 Å². The predicted molar refractivity (Wildman–Crippen MR) is 171 cm³/mol. The number of hydrogen-bond donors (Lipinski definition) is 0. The van der Waals surface area contributed by atoms with Crippen LogP contribution in [0.25, 0.3) is 6.08 Å². The molecule has 0 saturated heterocycles. The van der Waals surface area contributed by atoms with Crippen molar-refractivity contribution in [2.45, 2.75) is 84.5 Å². The number of unbranched alkanes of at least 4 members (excludes halogenated alkanes) is 9. The molecular formula is C37H46O5. The van der Waals surface area contributed by atoms with Crippen molar-refractivity contribution in [1.82, 2.24) is 0 Å². The first-order chi connectivity index (χ1) is 20.6. The van der Waals surface area contributed by atoms with Crippen LogP contribution >= 0.6 is 0 Å². The molecule has 3 aromatic rings. The highest BCUT2D eigenvalue weighted by molar-refractivity contribution is 6.06. The van der Waals surface area contributed by atoms with Gasteiger partial charge in [-0.3, -0.25) is 4.79 Å². The van der Waals surface area contributed by atoms with E-state index in [9.17, 15) is 9.59 Å². The summed E-state index contributed by atoms with van der Waals surface area (Å²) in [6.45, 7) is 5.83. The lowest BCUT2D eigenvalue weighted by Crippen LogP contribution is -2.08. The number of esters is 1. The van der Waals surface area contributed by atoms with Crippen molar-refractivity contribution in [1.29, 1.82) is 0 Å². The Morgan fingerprint density at radius 1 is 0.548 bits per heavy atom. The maximum Gasteiger partial charge on any atom is 0.343 e. The van der Waals surface area contributed by atoms with E-state index in [1.165, 1.54) is 57.8 Å². The topological polar surface area (TPSA) is 61.8 Å². The van der Waals surface area contributed by atoms with Gasteiger partial charge in [0, 0.05) is 5.56 Å². The Morgan fingerprint density at radius 2 is 1.00 bits per heavy atom. The second-order valence-electron chi connectivity index (χ2n) is 10.6. The van der Waals surface area contributed by atoms with Crippen LogP contribution in [0.1, 0.15) is 111 Å². The summed E-state index contributed by atoms with van der Waals surface area (Å²) in [5.41, 5.74) is 1.87. The Hall–Kier alpha value is -3.86. The molecule has 0 saturated carbocycles. The minimum absolute atomic E-state index is 0.128. The number of carbonyl (C=O) groups is 2. The fraction of sp³-hybridized carbons (Fsp3) is 0.405. The first kappa shape index (κ1) is 32.7. The lowest BCUT2D eigenvalue weighted by molar-refractivity contribution is 0.0734. The van der Waals surface area contributed by atoms with Gasteiger partial charge in [0.15, 0.2) is 5.78 Å². The number of ether oxygens (including phenoxy) is 3. The average Bonchev–Trinajstić information content (AvgIpc) is 3.02.